The molecule has 0 aliphatic carbocycles. The highest BCUT2D eigenvalue weighted by atomic mass is 16.5. The normalized spacial score (nSPS) is 19.3. The molecule has 4 rings (SSSR count). The average molecular weight is 361 g/mol. The molecule has 0 amide bonds. The monoisotopic (exact) mass is 361 g/mol. The van der Waals surface area contributed by atoms with Crippen LogP contribution in [0, 0.1) is 5.41 Å². The number of amidine groups is 1. The summed E-state index contributed by atoms with van der Waals surface area (Å²) in [4.78, 5) is 14.4. The first-order valence-electron chi connectivity index (χ1n) is 9.09. The number of nitrogens with zero attached hydrogens (tertiary/aromatic N) is 1. The van der Waals surface area contributed by atoms with Crippen molar-refractivity contribution in [2.45, 2.75) is 32.8 Å². The number of para-hydroxylation sites is 1. The minimum atomic E-state index is -0.265. The predicted molar refractivity (Wildman–Crippen MR) is 108 cm³/mol. The van der Waals surface area contributed by atoms with Crippen molar-refractivity contribution >= 4 is 23.0 Å². The molecular weight excluding hydrogens is 338 g/mol. The summed E-state index contributed by atoms with van der Waals surface area (Å²) in [5, 5.41) is 11.9. The number of hydrogen-bond donors (Lipinski definition) is 2. The molecule has 2 N–H and O–H groups in total. The van der Waals surface area contributed by atoms with Crippen molar-refractivity contribution in [3.63, 3.8) is 0 Å². The summed E-state index contributed by atoms with van der Waals surface area (Å²) in [5.41, 5.74) is 4.03. The first-order chi connectivity index (χ1) is 12.8. The van der Waals surface area contributed by atoms with Crippen molar-refractivity contribution < 1.29 is 9.53 Å². The quantitative estimate of drug-likeness (QED) is 0.789. The molecule has 5 nitrogen and oxygen atoms in total. The van der Waals surface area contributed by atoms with Gasteiger partial charge >= 0.3 is 0 Å². The highest BCUT2D eigenvalue weighted by Crippen LogP contribution is 2.33. The summed E-state index contributed by atoms with van der Waals surface area (Å²) in [7, 11) is 0. The fraction of sp³-hybridized carbons (Fsp3) is 0.273. The third kappa shape index (κ3) is 3.33. The molecule has 2 aliphatic heterocycles. The molecule has 27 heavy (non-hydrogen) atoms. The van der Waals surface area contributed by atoms with Crippen LogP contribution in [0.1, 0.15) is 26.3 Å². The van der Waals surface area contributed by atoms with Crippen molar-refractivity contribution in [2.75, 3.05) is 16.8 Å². The maximum absolute atomic E-state index is 12.7. The molecule has 2 aliphatic rings. The number of ether oxygens (including phenoxy) is 1. The molecule has 0 atom stereocenters. The van der Waals surface area contributed by atoms with Crippen molar-refractivity contribution in [1.29, 1.82) is 5.41 Å². The zero-order valence-electron chi connectivity index (χ0n) is 15.8. The molecule has 0 unspecified atom stereocenters. The summed E-state index contributed by atoms with van der Waals surface area (Å²) in [6.07, 6.45) is 0.659. The fourth-order valence-corrected chi connectivity index (χ4v) is 3.49. The Morgan fingerprint density at radius 2 is 1.78 bits per heavy atom. The minimum Gasteiger partial charge on any atom is -0.488 e. The number of ketones is 1. The third-order valence-corrected chi connectivity index (χ3v) is 4.63. The second-order valence-electron chi connectivity index (χ2n) is 7.88. The zero-order chi connectivity index (χ0) is 19.2. The molecule has 2 aromatic rings. The topological polar surface area (TPSA) is 65.4 Å². The van der Waals surface area contributed by atoms with Gasteiger partial charge in [-0.05, 0) is 56.7 Å². The Kier molecular flexibility index (Phi) is 4.02. The fourth-order valence-electron chi connectivity index (χ4n) is 3.49. The number of benzene rings is 2. The van der Waals surface area contributed by atoms with Gasteiger partial charge in [0.15, 0.2) is 5.78 Å². The van der Waals surface area contributed by atoms with Gasteiger partial charge in [0.1, 0.15) is 17.2 Å². The summed E-state index contributed by atoms with van der Waals surface area (Å²) >= 11 is 0. The lowest BCUT2D eigenvalue weighted by Crippen LogP contribution is -2.25. The molecular formula is C22H23N3O2. The van der Waals surface area contributed by atoms with E-state index in [-0.39, 0.29) is 23.8 Å². The number of hydrogen-bond acceptors (Lipinski definition) is 4. The van der Waals surface area contributed by atoms with Crippen LogP contribution in [0.5, 0.6) is 5.75 Å². The maximum atomic E-state index is 12.7. The lowest BCUT2D eigenvalue weighted by atomic mass is 10.1. The van der Waals surface area contributed by atoms with Crippen LogP contribution in [-0.2, 0) is 11.2 Å². The number of rotatable bonds is 2. The largest absolute Gasteiger partial charge is 0.488 e. The van der Waals surface area contributed by atoms with E-state index in [1.807, 2.05) is 69.3 Å². The summed E-state index contributed by atoms with van der Waals surface area (Å²) < 4.78 is 5.85. The van der Waals surface area contributed by atoms with Crippen LogP contribution in [-0.4, -0.2) is 23.8 Å². The Morgan fingerprint density at radius 3 is 2.44 bits per heavy atom. The van der Waals surface area contributed by atoms with Gasteiger partial charge in [-0.15, -0.1) is 0 Å². The number of fused-ring (bicyclic) bond motifs is 1. The van der Waals surface area contributed by atoms with Gasteiger partial charge in [-0.1, -0.05) is 18.2 Å². The summed E-state index contributed by atoms with van der Waals surface area (Å²) in [5.74, 6) is 1.000. The SMILES string of the molecule is CC(C)(C)Oc1ccc(N2CC(=O)C(=C3Cc4ccccc4N3)C2=N)cc1. The molecule has 5 heteroatoms. The van der Waals surface area contributed by atoms with E-state index in [1.54, 1.807) is 4.90 Å². The summed E-state index contributed by atoms with van der Waals surface area (Å²) in [6, 6.07) is 15.6. The van der Waals surface area contributed by atoms with Crippen molar-refractivity contribution in [1.82, 2.24) is 0 Å². The number of allylic oxidation sites excluding steroid dienone is 1. The van der Waals surface area contributed by atoms with Gasteiger partial charge in [0.2, 0.25) is 0 Å². The molecule has 0 bridgehead atoms. The first kappa shape index (κ1) is 17.3. The first-order valence-corrected chi connectivity index (χ1v) is 9.09. The summed E-state index contributed by atoms with van der Waals surface area (Å²) in [6.45, 7) is 6.19. The molecule has 1 fully saturated rings. The predicted octanol–water partition coefficient (Wildman–Crippen LogP) is 4.15. The molecule has 0 spiro atoms. The Labute approximate surface area is 159 Å². The number of nitrogens with one attached hydrogen (secondary N) is 2. The Hall–Kier alpha value is -3.08. The molecule has 138 valence electrons. The van der Waals surface area contributed by atoms with Crippen LogP contribution in [0.4, 0.5) is 11.4 Å². The Balaban J connectivity index is 1.58. The van der Waals surface area contributed by atoms with Crippen molar-refractivity contribution in [3.8, 4) is 5.75 Å². The zero-order valence-corrected chi connectivity index (χ0v) is 15.8. The van der Waals surface area contributed by atoms with Gasteiger partial charge < -0.3 is 15.0 Å². The maximum Gasteiger partial charge on any atom is 0.188 e. The smallest absolute Gasteiger partial charge is 0.188 e. The lowest BCUT2D eigenvalue weighted by Gasteiger charge is -2.22. The van der Waals surface area contributed by atoms with Crippen LogP contribution >= 0.6 is 0 Å². The highest BCUT2D eigenvalue weighted by Gasteiger charge is 2.35. The standard InChI is InChI=1S/C22H23N3O2/c1-22(2,3)27-16-10-8-15(9-11-16)25-13-19(26)20(21(25)23)18-12-14-6-4-5-7-17(14)24-18/h4-11,23-24H,12-13H2,1-3H3. The molecule has 0 radical (unpaired) electrons. The van der Waals surface area contributed by atoms with Crippen LogP contribution in [0.3, 0.4) is 0 Å². The van der Waals surface area contributed by atoms with E-state index in [1.165, 1.54) is 0 Å². The third-order valence-electron chi connectivity index (χ3n) is 4.63. The van der Waals surface area contributed by atoms with E-state index in [4.69, 9.17) is 10.1 Å². The number of carbonyl (C=O) groups excluding carboxylic acids is 1. The van der Waals surface area contributed by atoms with Crippen molar-refractivity contribution in [2.24, 2.45) is 0 Å². The Bertz CT molecular complexity index is 925. The van der Waals surface area contributed by atoms with E-state index >= 15 is 0 Å². The van der Waals surface area contributed by atoms with Gasteiger partial charge in [-0.2, -0.15) is 0 Å². The van der Waals surface area contributed by atoms with Gasteiger partial charge in [0.25, 0.3) is 0 Å². The second kappa shape index (κ2) is 6.27. The van der Waals surface area contributed by atoms with E-state index in [0.717, 1.165) is 28.4 Å². The van der Waals surface area contributed by atoms with Gasteiger partial charge in [0, 0.05) is 23.5 Å². The molecule has 0 aromatic heterocycles. The number of carbonyl (C=O) groups is 1. The Morgan fingerprint density at radius 1 is 1.07 bits per heavy atom. The van der Waals surface area contributed by atoms with Gasteiger partial charge in [-0.3, -0.25) is 10.2 Å². The second-order valence-corrected chi connectivity index (χ2v) is 7.88. The number of Topliss-reactive ketones (excluding diaryl/α,β-unsaturated/α-hetero) is 1. The van der Waals surface area contributed by atoms with Crippen molar-refractivity contribution in [3.05, 3.63) is 65.4 Å². The molecule has 2 heterocycles. The molecule has 0 saturated carbocycles. The van der Waals surface area contributed by atoms with Gasteiger partial charge in [0.05, 0.1) is 12.1 Å². The van der Waals surface area contributed by atoms with E-state index in [2.05, 4.69) is 5.32 Å². The minimum absolute atomic E-state index is 0.0228. The average Bonchev–Trinajstić information content (AvgIpc) is 3.14. The van der Waals surface area contributed by atoms with Crippen LogP contribution < -0.4 is 15.0 Å². The number of anilines is 2. The van der Waals surface area contributed by atoms with Crippen LogP contribution in [0.25, 0.3) is 0 Å². The molecule has 2 aromatic carbocycles. The van der Waals surface area contributed by atoms with E-state index in [9.17, 15) is 4.79 Å². The van der Waals surface area contributed by atoms with E-state index < -0.39 is 0 Å². The highest BCUT2D eigenvalue weighted by molar-refractivity contribution is 6.33. The molecule has 1 saturated heterocycles. The van der Waals surface area contributed by atoms with Gasteiger partial charge in [-0.25, -0.2) is 0 Å². The lowest BCUT2D eigenvalue weighted by molar-refractivity contribution is -0.113. The van der Waals surface area contributed by atoms with Crippen LogP contribution in [0.2, 0.25) is 0 Å². The van der Waals surface area contributed by atoms with Crippen LogP contribution in [0.15, 0.2) is 59.8 Å². The van der Waals surface area contributed by atoms with E-state index in [0.29, 0.717) is 12.0 Å².